The Labute approximate surface area is 129 Å². The lowest BCUT2D eigenvalue weighted by atomic mass is 10.1. The largest absolute Gasteiger partial charge is 0.478 e. The van der Waals surface area contributed by atoms with Gasteiger partial charge in [0.25, 0.3) is 5.56 Å². The summed E-state index contributed by atoms with van der Waals surface area (Å²) in [6.45, 7) is 1.75. The van der Waals surface area contributed by atoms with Crippen LogP contribution in [0.25, 0.3) is 5.69 Å². The lowest BCUT2D eigenvalue weighted by Crippen LogP contribution is -2.39. The number of aromatic carboxylic acids is 1. The van der Waals surface area contributed by atoms with Crippen LogP contribution >= 0.6 is 0 Å². The molecule has 0 aliphatic heterocycles. The van der Waals surface area contributed by atoms with Crippen molar-refractivity contribution in [2.75, 3.05) is 0 Å². The van der Waals surface area contributed by atoms with Crippen molar-refractivity contribution in [1.82, 2.24) is 9.13 Å². The highest BCUT2D eigenvalue weighted by molar-refractivity contribution is 5.91. The van der Waals surface area contributed by atoms with Gasteiger partial charge in [-0.25, -0.2) is 18.5 Å². The molecule has 0 saturated carbocycles. The number of hydrogen-bond acceptors (Lipinski definition) is 4. The monoisotopic (exact) mass is 317 g/mol. The molecule has 2 rings (SSSR count). The summed E-state index contributed by atoms with van der Waals surface area (Å²) in [6, 6.07) is 4.25. The Balaban J connectivity index is 2.89. The number of hydrogen-bond donors (Lipinski definition) is 1. The van der Waals surface area contributed by atoms with Gasteiger partial charge >= 0.3 is 11.7 Å². The van der Waals surface area contributed by atoms with Crippen molar-refractivity contribution in [2.24, 2.45) is 7.05 Å². The molecular weight excluding hydrogens is 305 g/mol. The van der Waals surface area contributed by atoms with Gasteiger partial charge in [-0.2, -0.15) is 5.26 Å². The Kier molecular flexibility index (Phi) is 4.14. The highest BCUT2D eigenvalue weighted by Crippen LogP contribution is 2.17. The second-order valence-corrected chi connectivity index (χ2v) is 4.77. The van der Waals surface area contributed by atoms with Gasteiger partial charge in [0.2, 0.25) is 0 Å². The summed E-state index contributed by atoms with van der Waals surface area (Å²) >= 11 is 0. The van der Waals surface area contributed by atoms with Gasteiger partial charge in [-0.15, -0.1) is 0 Å². The van der Waals surface area contributed by atoms with Crippen molar-refractivity contribution in [3.63, 3.8) is 0 Å². The van der Waals surface area contributed by atoms with E-state index in [0.29, 0.717) is 22.7 Å². The second-order valence-electron chi connectivity index (χ2n) is 4.77. The molecule has 23 heavy (non-hydrogen) atoms. The Morgan fingerprint density at radius 2 is 2.00 bits per heavy atom. The minimum absolute atomic E-state index is 0.395. The van der Waals surface area contributed by atoms with E-state index in [1.807, 2.05) is 0 Å². The molecule has 0 amide bonds. The first kappa shape index (κ1) is 16.2. The molecule has 1 N–H and O–H groups in total. The van der Waals surface area contributed by atoms with Gasteiger partial charge in [0, 0.05) is 18.8 Å². The zero-order valence-electron chi connectivity index (χ0n) is 12.3. The average molecular weight is 317 g/mol. The molecule has 118 valence electrons. The number of benzene rings is 1. The van der Waals surface area contributed by atoms with Crippen molar-refractivity contribution in [3.05, 3.63) is 61.7 Å². The molecule has 0 fully saturated rings. The highest BCUT2D eigenvalue weighted by Gasteiger charge is 2.19. The fraction of sp³-hybridized carbons (Fsp3) is 0.200. The van der Waals surface area contributed by atoms with Gasteiger partial charge in [-0.05, 0) is 18.6 Å². The third kappa shape index (κ3) is 2.64. The molecular formula is C15H12FN3O4. The van der Waals surface area contributed by atoms with Crippen molar-refractivity contribution < 1.29 is 14.3 Å². The van der Waals surface area contributed by atoms with Crippen LogP contribution in [-0.4, -0.2) is 20.2 Å². The van der Waals surface area contributed by atoms with Crippen LogP contribution in [0.5, 0.6) is 0 Å². The third-order valence-corrected chi connectivity index (χ3v) is 3.46. The van der Waals surface area contributed by atoms with Crippen LogP contribution in [0.1, 0.15) is 28.5 Å². The van der Waals surface area contributed by atoms with Gasteiger partial charge in [-0.1, -0.05) is 6.92 Å². The quantitative estimate of drug-likeness (QED) is 0.901. The van der Waals surface area contributed by atoms with Crippen molar-refractivity contribution in [3.8, 4) is 11.8 Å². The third-order valence-electron chi connectivity index (χ3n) is 3.46. The zero-order valence-corrected chi connectivity index (χ0v) is 12.3. The average Bonchev–Trinajstić information content (AvgIpc) is 2.51. The maximum absolute atomic E-state index is 14.2. The minimum Gasteiger partial charge on any atom is -0.478 e. The van der Waals surface area contributed by atoms with Crippen molar-refractivity contribution >= 4 is 5.97 Å². The number of nitrogens with zero attached hydrogens (tertiary/aromatic N) is 3. The SMILES string of the molecule is CCc1cc(=O)n(-c2cc(C(=O)O)c(C#N)cc2F)c(=O)n1C. The number of carboxylic acids is 1. The van der Waals surface area contributed by atoms with E-state index < -0.39 is 39.8 Å². The summed E-state index contributed by atoms with van der Waals surface area (Å²) in [7, 11) is 1.43. The summed E-state index contributed by atoms with van der Waals surface area (Å²) in [4.78, 5) is 35.6. The first-order valence-corrected chi connectivity index (χ1v) is 6.61. The first-order valence-electron chi connectivity index (χ1n) is 6.61. The number of carboxylic acid groups (broad SMARTS) is 1. The number of aryl methyl sites for hydroxylation is 1. The molecule has 0 saturated heterocycles. The smallest absolute Gasteiger partial charge is 0.337 e. The maximum atomic E-state index is 14.2. The standard InChI is InChI=1S/C15H12FN3O4/c1-3-9-5-13(20)19(15(23)18(9)2)12-6-10(14(21)22)8(7-17)4-11(12)16/h4-6H,3H2,1-2H3,(H,21,22). The normalized spacial score (nSPS) is 10.3. The Morgan fingerprint density at radius 3 is 2.52 bits per heavy atom. The molecule has 0 radical (unpaired) electrons. The summed E-state index contributed by atoms with van der Waals surface area (Å²) in [5.41, 5.74) is -2.50. The Hall–Kier alpha value is -3.21. The predicted octanol–water partition coefficient (Wildman–Crippen LogP) is 0.808. The summed E-state index contributed by atoms with van der Waals surface area (Å²) in [5, 5.41) is 18.0. The summed E-state index contributed by atoms with van der Waals surface area (Å²) in [6.07, 6.45) is 0.429. The molecule has 0 atom stereocenters. The van der Waals surface area contributed by atoms with E-state index in [1.54, 1.807) is 13.0 Å². The lowest BCUT2D eigenvalue weighted by Gasteiger charge is -2.12. The van der Waals surface area contributed by atoms with E-state index in [-0.39, 0.29) is 0 Å². The number of halogens is 1. The number of carbonyl (C=O) groups is 1. The highest BCUT2D eigenvalue weighted by atomic mass is 19.1. The summed E-state index contributed by atoms with van der Waals surface area (Å²) in [5.74, 6) is -2.49. The molecule has 7 nitrogen and oxygen atoms in total. The zero-order chi connectivity index (χ0) is 17.3. The number of aromatic nitrogens is 2. The molecule has 0 spiro atoms. The van der Waals surface area contributed by atoms with E-state index in [0.717, 1.165) is 6.07 Å². The van der Waals surface area contributed by atoms with Crippen LogP contribution in [0.15, 0.2) is 27.8 Å². The minimum atomic E-state index is -1.46. The molecule has 0 aliphatic carbocycles. The van der Waals surface area contributed by atoms with Crippen LogP contribution in [0.4, 0.5) is 4.39 Å². The molecule has 0 bridgehead atoms. The molecule has 1 aromatic carbocycles. The molecule has 1 heterocycles. The Morgan fingerprint density at radius 1 is 1.35 bits per heavy atom. The van der Waals surface area contributed by atoms with Crippen LogP contribution in [0, 0.1) is 17.1 Å². The van der Waals surface area contributed by atoms with Crippen molar-refractivity contribution in [1.29, 1.82) is 5.26 Å². The van der Waals surface area contributed by atoms with Crippen LogP contribution in [0.2, 0.25) is 0 Å². The number of nitriles is 1. The maximum Gasteiger partial charge on any atom is 0.337 e. The summed E-state index contributed by atoms with van der Waals surface area (Å²) < 4.78 is 15.9. The molecule has 0 unspecified atom stereocenters. The topological polar surface area (TPSA) is 105 Å². The fourth-order valence-electron chi connectivity index (χ4n) is 2.23. The van der Waals surface area contributed by atoms with Gasteiger partial charge < -0.3 is 9.67 Å². The fourth-order valence-corrected chi connectivity index (χ4v) is 2.23. The van der Waals surface area contributed by atoms with E-state index in [9.17, 15) is 18.8 Å². The Bertz CT molecular complexity index is 966. The molecule has 1 aromatic heterocycles. The second kappa shape index (κ2) is 5.88. The van der Waals surface area contributed by atoms with E-state index in [2.05, 4.69) is 0 Å². The van der Waals surface area contributed by atoms with Gasteiger partial charge in [0.1, 0.15) is 11.9 Å². The van der Waals surface area contributed by atoms with Gasteiger partial charge in [0.05, 0.1) is 16.8 Å². The van der Waals surface area contributed by atoms with Gasteiger partial charge in [0.15, 0.2) is 0 Å². The van der Waals surface area contributed by atoms with E-state index in [1.165, 1.54) is 17.7 Å². The molecule has 8 heteroatoms. The lowest BCUT2D eigenvalue weighted by molar-refractivity contribution is 0.0696. The van der Waals surface area contributed by atoms with Gasteiger partial charge in [-0.3, -0.25) is 4.79 Å². The van der Waals surface area contributed by atoms with E-state index >= 15 is 0 Å². The predicted molar refractivity (Wildman–Crippen MR) is 78.3 cm³/mol. The van der Waals surface area contributed by atoms with E-state index in [4.69, 9.17) is 10.4 Å². The van der Waals surface area contributed by atoms with Crippen molar-refractivity contribution in [2.45, 2.75) is 13.3 Å². The number of rotatable bonds is 3. The first-order chi connectivity index (χ1) is 10.8. The molecule has 2 aromatic rings. The van der Waals surface area contributed by atoms with Crippen LogP contribution in [-0.2, 0) is 13.5 Å². The van der Waals surface area contributed by atoms with Crippen LogP contribution in [0.3, 0.4) is 0 Å². The van der Waals surface area contributed by atoms with Crippen LogP contribution < -0.4 is 11.2 Å². The molecule has 0 aliphatic rings.